The number of nitrogens with zero attached hydrogens (tertiary/aromatic N) is 2. The molecule has 1 fully saturated rings. The molecule has 3 rings (SSSR count). The molecule has 1 aliphatic rings. The molecule has 1 heterocycles. The summed E-state index contributed by atoms with van der Waals surface area (Å²) in [6.45, 7) is 5.19. The van der Waals surface area contributed by atoms with E-state index in [0.29, 0.717) is 0 Å². The Kier molecular flexibility index (Phi) is 5.72. The van der Waals surface area contributed by atoms with Crippen LogP contribution in [0, 0.1) is 0 Å². The predicted octanol–water partition coefficient (Wildman–Crippen LogP) is 2.08. The van der Waals surface area contributed by atoms with E-state index >= 15 is 0 Å². The van der Waals surface area contributed by atoms with Crippen molar-refractivity contribution in [1.82, 2.24) is 5.01 Å². The zero-order valence-electron chi connectivity index (χ0n) is 13.9. The topological polar surface area (TPSA) is 29.3 Å². The van der Waals surface area contributed by atoms with Crippen molar-refractivity contribution < 1.29 is 9.64 Å². The van der Waals surface area contributed by atoms with Gasteiger partial charge >= 0.3 is 0 Å². The van der Waals surface area contributed by atoms with Gasteiger partial charge in [-0.05, 0) is 29.8 Å². The summed E-state index contributed by atoms with van der Waals surface area (Å²) in [7, 11) is 1.68. The van der Waals surface area contributed by atoms with Gasteiger partial charge in [-0.25, -0.2) is 0 Å². The minimum atomic E-state index is 0.797. The minimum absolute atomic E-state index is 0.797. The zero-order valence-corrected chi connectivity index (χ0v) is 14.7. The van der Waals surface area contributed by atoms with Crippen LogP contribution in [0.5, 0.6) is 5.75 Å². The van der Waals surface area contributed by atoms with Gasteiger partial charge in [0.15, 0.2) is 0 Å². The van der Waals surface area contributed by atoms with Crippen molar-refractivity contribution in [1.29, 1.82) is 0 Å². The van der Waals surface area contributed by atoms with E-state index in [-0.39, 0.29) is 0 Å². The highest BCUT2D eigenvalue weighted by Crippen LogP contribution is 2.11. The smallest absolute Gasteiger partial charge is 0.119 e. The van der Waals surface area contributed by atoms with E-state index in [4.69, 9.17) is 16.3 Å². The average molecular weight is 345 g/mol. The van der Waals surface area contributed by atoms with E-state index in [2.05, 4.69) is 22.2 Å². The number of methoxy groups -OCH3 is 1. The van der Waals surface area contributed by atoms with Gasteiger partial charge in [-0.2, -0.15) is 5.10 Å². The fraction of sp³-hybridized carbons (Fsp3) is 0.316. The maximum absolute atomic E-state index is 5.94. The van der Waals surface area contributed by atoms with E-state index in [1.807, 2.05) is 42.6 Å². The number of piperazine rings is 1. The lowest BCUT2D eigenvalue weighted by Gasteiger charge is -2.30. The van der Waals surface area contributed by atoms with Gasteiger partial charge in [-0.15, -0.1) is 0 Å². The van der Waals surface area contributed by atoms with Crippen molar-refractivity contribution in [3.63, 3.8) is 0 Å². The number of nitrogens with one attached hydrogen (secondary N) is 1. The van der Waals surface area contributed by atoms with Gasteiger partial charge in [0.05, 0.1) is 39.5 Å². The molecule has 1 saturated heterocycles. The number of rotatable bonds is 5. The molecule has 0 aromatic heterocycles. The standard InChI is InChI=1S/C19H22ClN3O/c1-24-19-4-2-3-17(13-19)14-21-23-11-9-22(10-12-23)15-16-5-7-18(20)8-6-16/h2-8,13-14H,9-12,15H2,1H3/p+1/b21-14-. The summed E-state index contributed by atoms with van der Waals surface area (Å²) in [6, 6.07) is 16.1. The Morgan fingerprint density at radius 1 is 1.17 bits per heavy atom. The first-order valence-electron chi connectivity index (χ1n) is 8.24. The number of hydrogen-bond donors (Lipinski definition) is 1. The number of ether oxygens (including phenoxy) is 1. The average Bonchev–Trinajstić information content (AvgIpc) is 2.63. The first-order chi connectivity index (χ1) is 11.7. The van der Waals surface area contributed by atoms with Crippen LogP contribution < -0.4 is 9.64 Å². The second kappa shape index (κ2) is 8.18. The van der Waals surface area contributed by atoms with E-state index in [1.54, 1.807) is 12.0 Å². The lowest BCUT2D eigenvalue weighted by atomic mass is 10.2. The second-order valence-electron chi connectivity index (χ2n) is 6.03. The van der Waals surface area contributed by atoms with Gasteiger partial charge < -0.3 is 9.64 Å². The molecule has 0 spiro atoms. The molecule has 0 bridgehead atoms. The Hall–Kier alpha value is -2.04. The van der Waals surface area contributed by atoms with E-state index < -0.39 is 0 Å². The number of benzene rings is 2. The first kappa shape index (κ1) is 16.8. The third kappa shape index (κ3) is 4.73. The molecule has 0 radical (unpaired) electrons. The maximum Gasteiger partial charge on any atom is 0.119 e. The first-order valence-corrected chi connectivity index (χ1v) is 8.62. The lowest BCUT2D eigenvalue weighted by Crippen LogP contribution is -3.13. The van der Waals surface area contributed by atoms with Crippen molar-refractivity contribution in [2.75, 3.05) is 33.3 Å². The fourth-order valence-electron chi connectivity index (χ4n) is 2.86. The molecular weight excluding hydrogens is 322 g/mol. The molecule has 24 heavy (non-hydrogen) atoms. The van der Waals surface area contributed by atoms with Crippen molar-refractivity contribution in [3.05, 3.63) is 64.7 Å². The van der Waals surface area contributed by atoms with Crippen LogP contribution in [0.25, 0.3) is 0 Å². The van der Waals surface area contributed by atoms with E-state index in [1.165, 1.54) is 5.56 Å². The maximum atomic E-state index is 5.94. The molecule has 1 aliphatic heterocycles. The molecular formula is C19H23ClN3O+. The Bertz CT molecular complexity index is 679. The normalized spacial score (nSPS) is 15.8. The van der Waals surface area contributed by atoms with Crippen molar-refractivity contribution in [3.8, 4) is 5.75 Å². The minimum Gasteiger partial charge on any atom is -0.497 e. The van der Waals surface area contributed by atoms with Crippen LogP contribution in [0.15, 0.2) is 53.6 Å². The molecule has 1 N–H and O–H groups in total. The quantitative estimate of drug-likeness (QED) is 0.842. The zero-order chi connectivity index (χ0) is 16.8. The fourth-order valence-corrected chi connectivity index (χ4v) is 2.99. The molecule has 5 heteroatoms. The van der Waals surface area contributed by atoms with Gasteiger partial charge in [0.2, 0.25) is 0 Å². The highest BCUT2D eigenvalue weighted by molar-refractivity contribution is 6.30. The molecule has 0 atom stereocenters. The Morgan fingerprint density at radius 3 is 2.62 bits per heavy atom. The molecule has 2 aromatic carbocycles. The summed E-state index contributed by atoms with van der Waals surface area (Å²) in [6.07, 6.45) is 1.91. The summed E-state index contributed by atoms with van der Waals surface area (Å²) in [4.78, 5) is 1.59. The van der Waals surface area contributed by atoms with Gasteiger partial charge in [-0.1, -0.05) is 35.9 Å². The Morgan fingerprint density at radius 2 is 1.92 bits per heavy atom. The predicted molar refractivity (Wildman–Crippen MR) is 98.0 cm³/mol. The molecule has 126 valence electrons. The Labute approximate surface area is 148 Å². The third-order valence-corrected chi connectivity index (χ3v) is 4.53. The summed E-state index contributed by atoms with van der Waals surface area (Å²) < 4.78 is 5.24. The molecule has 0 aliphatic carbocycles. The largest absolute Gasteiger partial charge is 0.497 e. The summed E-state index contributed by atoms with van der Waals surface area (Å²) in [5, 5.41) is 7.54. The van der Waals surface area contributed by atoms with Gasteiger partial charge in [0, 0.05) is 10.6 Å². The van der Waals surface area contributed by atoms with Crippen molar-refractivity contribution in [2.45, 2.75) is 6.54 Å². The van der Waals surface area contributed by atoms with Crippen molar-refractivity contribution in [2.24, 2.45) is 5.10 Å². The van der Waals surface area contributed by atoms with Crippen LogP contribution in [0.4, 0.5) is 0 Å². The van der Waals surface area contributed by atoms with E-state index in [0.717, 1.165) is 49.1 Å². The van der Waals surface area contributed by atoms with Crippen LogP contribution in [-0.2, 0) is 6.54 Å². The SMILES string of the molecule is COc1cccc(/C=N\N2CC[NH+](Cc3ccc(Cl)cc3)CC2)c1. The highest BCUT2D eigenvalue weighted by Gasteiger charge is 2.18. The van der Waals surface area contributed by atoms with Gasteiger partial charge in [-0.3, -0.25) is 5.01 Å². The third-order valence-electron chi connectivity index (χ3n) is 4.28. The number of hydrogen-bond acceptors (Lipinski definition) is 3. The molecule has 2 aromatic rings. The second-order valence-corrected chi connectivity index (χ2v) is 6.46. The molecule has 0 saturated carbocycles. The number of halogens is 1. The Balaban J connectivity index is 1.49. The highest BCUT2D eigenvalue weighted by atomic mass is 35.5. The summed E-state index contributed by atoms with van der Waals surface area (Å²) >= 11 is 5.94. The lowest BCUT2D eigenvalue weighted by molar-refractivity contribution is -0.918. The van der Waals surface area contributed by atoms with E-state index in [9.17, 15) is 0 Å². The molecule has 0 amide bonds. The number of hydrazone groups is 1. The van der Waals surface area contributed by atoms with Gasteiger partial charge in [0.25, 0.3) is 0 Å². The number of quaternary nitrogens is 1. The van der Waals surface area contributed by atoms with Crippen LogP contribution in [0.3, 0.4) is 0 Å². The molecule has 4 nitrogen and oxygen atoms in total. The van der Waals surface area contributed by atoms with Crippen LogP contribution in [0.2, 0.25) is 5.02 Å². The monoisotopic (exact) mass is 344 g/mol. The van der Waals surface area contributed by atoms with Crippen LogP contribution in [-0.4, -0.2) is 44.5 Å². The summed E-state index contributed by atoms with van der Waals surface area (Å²) in [5.74, 6) is 0.858. The summed E-state index contributed by atoms with van der Waals surface area (Å²) in [5.41, 5.74) is 2.40. The van der Waals surface area contributed by atoms with Crippen molar-refractivity contribution >= 4 is 17.8 Å². The van der Waals surface area contributed by atoms with Gasteiger partial charge in [0.1, 0.15) is 12.3 Å². The van der Waals surface area contributed by atoms with Crippen LogP contribution >= 0.6 is 11.6 Å². The van der Waals surface area contributed by atoms with Crippen LogP contribution in [0.1, 0.15) is 11.1 Å². The molecule has 0 unspecified atom stereocenters.